The van der Waals surface area contributed by atoms with Crippen molar-refractivity contribution in [3.05, 3.63) is 29.8 Å². The first-order valence-electron chi connectivity index (χ1n) is 5.74. The Hall–Kier alpha value is -1.55. The summed E-state index contributed by atoms with van der Waals surface area (Å²) in [6, 6.07) is 7.40. The fourth-order valence-electron chi connectivity index (χ4n) is 1.45. The predicted molar refractivity (Wildman–Crippen MR) is 68.1 cm³/mol. The van der Waals surface area contributed by atoms with Crippen molar-refractivity contribution in [2.24, 2.45) is 5.73 Å². The van der Waals surface area contributed by atoms with E-state index in [-0.39, 0.29) is 6.61 Å². The van der Waals surface area contributed by atoms with Gasteiger partial charge in [-0.25, -0.2) is 0 Å². The van der Waals surface area contributed by atoms with Gasteiger partial charge < -0.3 is 15.8 Å². The number of rotatable bonds is 6. The van der Waals surface area contributed by atoms with E-state index >= 15 is 0 Å². The number of hydrogen-bond acceptors (Lipinski definition) is 3. The summed E-state index contributed by atoms with van der Waals surface area (Å²) >= 11 is 0. The average Bonchev–Trinajstić information content (AvgIpc) is 2.29. The normalized spacial score (nSPS) is 12.5. The van der Waals surface area contributed by atoms with Crippen LogP contribution in [0, 0.1) is 0 Å². The third kappa shape index (κ3) is 4.07. The first-order valence-corrected chi connectivity index (χ1v) is 5.74. The maximum Gasteiger partial charge on any atom is 0.238 e. The van der Waals surface area contributed by atoms with Crippen LogP contribution < -0.4 is 15.8 Å². The zero-order chi connectivity index (χ0) is 12.8. The van der Waals surface area contributed by atoms with Crippen molar-refractivity contribution >= 4 is 5.91 Å². The van der Waals surface area contributed by atoms with Crippen molar-refractivity contribution in [1.29, 1.82) is 0 Å². The second-order valence-electron chi connectivity index (χ2n) is 4.28. The molecule has 1 unspecified atom stereocenters. The van der Waals surface area contributed by atoms with Gasteiger partial charge in [0, 0.05) is 0 Å². The van der Waals surface area contributed by atoms with Gasteiger partial charge in [-0.15, -0.1) is 0 Å². The zero-order valence-corrected chi connectivity index (χ0v) is 10.6. The Morgan fingerprint density at radius 1 is 1.47 bits per heavy atom. The lowest BCUT2D eigenvalue weighted by atomic mass is 10.0. The Labute approximate surface area is 102 Å². The van der Waals surface area contributed by atoms with E-state index in [1.807, 2.05) is 18.2 Å². The van der Waals surface area contributed by atoms with E-state index in [2.05, 4.69) is 25.2 Å². The molecule has 3 N–H and O–H groups in total. The van der Waals surface area contributed by atoms with Crippen LogP contribution in [0.1, 0.15) is 25.3 Å². The molecule has 0 aromatic heterocycles. The monoisotopic (exact) mass is 236 g/mol. The van der Waals surface area contributed by atoms with Gasteiger partial charge in [-0.3, -0.25) is 4.79 Å². The molecule has 0 spiro atoms. The van der Waals surface area contributed by atoms with Gasteiger partial charge in [0.2, 0.25) is 5.91 Å². The van der Waals surface area contributed by atoms with Gasteiger partial charge in [-0.05, 0) is 30.7 Å². The molecular formula is C13H20N2O2. The molecule has 0 radical (unpaired) electrons. The summed E-state index contributed by atoms with van der Waals surface area (Å²) < 4.78 is 5.55. The lowest BCUT2D eigenvalue weighted by molar-refractivity contribution is -0.120. The molecule has 94 valence electrons. The van der Waals surface area contributed by atoms with Crippen LogP contribution in [0.4, 0.5) is 0 Å². The van der Waals surface area contributed by atoms with Crippen LogP contribution in [0.2, 0.25) is 0 Å². The number of nitrogens with two attached hydrogens (primary N) is 1. The van der Waals surface area contributed by atoms with Crippen molar-refractivity contribution in [3.63, 3.8) is 0 Å². The quantitative estimate of drug-likeness (QED) is 0.781. The van der Waals surface area contributed by atoms with Crippen molar-refractivity contribution in [2.45, 2.75) is 25.8 Å². The summed E-state index contributed by atoms with van der Waals surface area (Å²) in [5, 5.41) is 2.81. The summed E-state index contributed by atoms with van der Waals surface area (Å²) in [6.07, 6.45) is 0. The van der Waals surface area contributed by atoms with Crippen LogP contribution in [0.15, 0.2) is 24.3 Å². The van der Waals surface area contributed by atoms with Crippen molar-refractivity contribution in [3.8, 4) is 5.75 Å². The zero-order valence-electron chi connectivity index (χ0n) is 10.6. The fourth-order valence-corrected chi connectivity index (χ4v) is 1.45. The first kappa shape index (κ1) is 13.5. The van der Waals surface area contributed by atoms with Gasteiger partial charge in [0.15, 0.2) is 0 Å². The van der Waals surface area contributed by atoms with E-state index in [1.165, 1.54) is 5.56 Å². The summed E-state index contributed by atoms with van der Waals surface area (Å²) in [5.74, 6) is 0.806. The molecule has 0 heterocycles. The largest absolute Gasteiger partial charge is 0.491 e. The fraction of sp³-hybridized carbons (Fsp3) is 0.462. The van der Waals surface area contributed by atoms with E-state index in [9.17, 15) is 4.79 Å². The Kier molecular flexibility index (Phi) is 4.97. The number of carbonyl (C=O) groups is 1. The molecule has 0 aliphatic heterocycles. The van der Waals surface area contributed by atoms with Gasteiger partial charge in [0.1, 0.15) is 18.4 Å². The molecular weight excluding hydrogens is 216 g/mol. The Balaban J connectivity index is 2.62. The Morgan fingerprint density at radius 2 is 2.18 bits per heavy atom. The van der Waals surface area contributed by atoms with Crippen molar-refractivity contribution < 1.29 is 9.53 Å². The van der Waals surface area contributed by atoms with Crippen molar-refractivity contribution in [1.82, 2.24) is 5.32 Å². The number of nitrogens with one attached hydrogen (secondary N) is 1. The number of primary amides is 1. The highest BCUT2D eigenvalue weighted by molar-refractivity contribution is 5.79. The number of carbonyl (C=O) groups excluding carboxylic acids is 1. The SMILES string of the molecule is CNC(COc1cccc(C(C)C)c1)C(N)=O. The van der Waals surface area contributed by atoms with E-state index in [4.69, 9.17) is 10.5 Å². The second-order valence-corrected chi connectivity index (χ2v) is 4.28. The lowest BCUT2D eigenvalue weighted by Crippen LogP contribution is -2.43. The molecule has 1 atom stereocenters. The highest BCUT2D eigenvalue weighted by Gasteiger charge is 2.13. The highest BCUT2D eigenvalue weighted by atomic mass is 16.5. The smallest absolute Gasteiger partial charge is 0.238 e. The molecule has 4 heteroatoms. The van der Waals surface area contributed by atoms with Gasteiger partial charge >= 0.3 is 0 Å². The van der Waals surface area contributed by atoms with E-state index in [1.54, 1.807) is 7.05 Å². The molecule has 1 aromatic rings. The minimum atomic E-state index is -0.460. The average molecular weight is 236 g/mol. The molecule has 1 aromatic carbocycles. The summed E-state index contributed by atoms with van der Waals surface area (Å²) in [5.41, 5.74) is 6.42. The minimum absolute atomic E-state index is 0.243. The summed E-state index contributed by atoms with van der Waals surface area (Å²) in [7, 11) is 1.68. The molecule has 1 amide bonds. The topological polar surface area (TPSA) is 64.3 Å². The van der Waals surface area contributed by atoms with Crippen molar-refractivity contribution in [2.75, 3.05) is 13.7 Å². The third-order valence-corrected chi connectivity index (χ3v) is 2.63. The molecule has 0 fully saturated rings. The maximum atomic E-state index is 11.0. The summed E-state index contributed by atoms with van der Waals surface area (Å²) in [6.45, 7) is 4.49. The van der Waals surface area contributed by atoms with Crippen LogP contribution in [0.3, 0.4) is 0 Å². The first-order chi connectivity index (χ1) is 8.04. The number of amides is 1. The van der Waals surface area contributed by atoms with Crippen LogP contribution in [0.5, 0.6) is 5.75 Å². The third-order valence-electron chi connectivity index (χ3n) is 2.63. The second kappa shape index (κ2) is 6.25. The number of ether oxygens (including phenoxy) is 1. The predicted octanol–water partition coefficient (Wildman–Crippen LogP) is 1.26. The number of benzene rings is 1. The van der Waals surface area contributed by atoms with Crippen LogP contribution in [-0.2, 0) is 4.79 Å². The molecule has 1 rings (SSSR count). The molecule has 0 saturated heterocycles. The minimum Gasteiger partial charge on any atom is -0.491 e. The molecule has 0 saturated carbocycles. The molecule has 0 bridgehead atoms. The van der Waals surface area contributed by atoms with Crippen LogP contribution >= 0.6 is 0 Å². The molecule has 17 heavy (non-hydrogen) atoms. The summed E-state index contributed by atoms with van der Waals surface area (Å²) in [4.78, 5) is 11.0. The van der Waals surface area contributed by atoms with Gasteiger partial charge in [0.05, 0.1) is 0 Å². The lowest BCUT2D eigenvalue weighted by Gasteiger charge is -2.14. The molecule has 0 aliphatic carbocycles. The Bertz CT molecular complexity index is 377. The van der Waals surface area contributed by atoms with Gasteiger partial charge in [-0.2, -0.15) is 0 Å². The number of hydrogen-bond donors (Lipinski definition) is 2. The van der Waals surface area contributed by atoms with E-state index < -0.39 is 11.9 Å². The van der Waals surface area contributed by atoms with Crippen LogP contribution in [-0.4, -0.2) is 25.6 Å². The van der Waals surface area contributed by atoms with E-state index in [0.29, 0.717) is 5.92 Å². The number of likely N-dealkylation sites (N-methyl/N-ethyl adjacent to an activating group) is 1. The molecule has 4 nitrogen and oxygen atoms in total. The highest BCUT2D eigenvalue weighted by Crippen LogP contribution is 2.20. The molecule has 0 aliphatic rings. The van der Waals surface area contributed by atoms with Crippen LogP contribution in [0.25, 0.3) is 0 Å². The standard InChI is InChI=1S/C13H20N2O2/c1-9(2)10-5-4-6-11(7-10)17-8-12(15-3)13(14)16/h4-7,9,12,15H,8H2,1-3H3,(H2,14,16). The van der Waals surface area contributed by atoms with E-state index in [0.717, 1.165) is 5.75 Å². The van der Waals surface area contributed by atoms with Gasteiger partial charge in [0.25, 0.3) is 0 Å². The van der Waals surface area contributed by atoms with Gasteiger partial charge in [-0.1, -0.05) is 26.0 Å². The Morgan fingerprint density at radius 3 is 2.71 bits per heavy atom. The maximum absolute atomic E-state index is 11.0.